The van der Waals surface area contributed by atoms with Crippen LogP contribution in [0.3, 0.4) is 0 Å². The van der Waals surface area contributed by atoms with Gasteiger partial charge in [-0.1, -0.05) is 140 Å². The minimum absolute atomic E-state index is 0.219. The molecule has 0 amide bonds. The molecule has 4 heteroatoms. The average molecular weight is 665 g/mol. The average Bonchev–Trinajstić information content (AvgIpc) is 3.54. The number of hydrogen-bond donors (Lipinski definition) is 1. The summed E-state index contributed by atoms with van der Waals surface area (Å²) < 4.78 is 8.88. The van der Waals surface area contributed by atoms with Crippen LogP contribution in [0.15, 0.2) is 182 Å². The van der Waals surface area contributed by atoms with E-state index in [4.69, 9.17) is 4.74 Å². The fourth-order valence-corrected chi connectivity index (χ4v) is 7.83. The first kappa shape index (κ1) is 30.1. The molecule has 3 nitrogen and oxygen atoms in total. The predicted molar refractivity (Wildman–Crippen MR) is 216 cm³/mol. The van der Waals surface area contributed by atoms with E-state index < -0.39 is 0 Å². The number of fused-ring (bicyclic) bond motifs is 5. The molecule has 0 unspecified atom stereocenters. The first-order valence-corrected chi connectivity index (χ1v) is 17.6. The van der Waals surface area contributed by atoms with E-state index in [1.54, 1.807) is 0 Å². The molecule has 8 aromatic carbocycles. The van der Waals surface area contributed by atoms with Crippen molar-refractivity contribution in [3.05, 3.63) is 182 Å². The van der Waals surface area contributed by atoms with Gasteiger partial charge < -0.3 is 14.4 Å². The Morgan fingerprint density at radius 3 is 1.79 bits per heavy atom. The third-order valence-electron chi connectivity index (χ3n) is 10.2. The number of phenols is 1. The zero-order valence-corrected chi connectivity index (χ0v) is 28.2. The number of para-hydroxylation sites is 3. The van der Waals surface area contributed by atoms with E-state index >= 15 is 0 Å². The van der Waals surface area contributed by atoms with Crippen molar-refractivity contribution in [1.29, 1.82) is 0 Å². The number of ether oxygens (including phenoxy) is 1. The van der Waals surface area contributed by atoms with Crippen molar-refractivity contribution in [2.75, 3.05) is 0 Å². The van der Waals surface area contributed by atoms with E-state index in [1.165, 1.54) is 21.9 Å². The zero-order valence-electron chi connectivity index (χ0n) is 28.2. The molecule has 1 aromatic heterocycles. The number of aromatic nitrogens is 1. The van der Waals surface area contributed by atoms with Crippen LogP contribution in [0, 0.1) is 0 Å². The summed E-state index contributed by atoms with van der Waals surface area (Å²) in [7, 11) is 2.19. The lowest BCUT2D eigenvalue weighted by molar-refractivity contribution is 0.477. The molecule has 0 fully saturated rings. The van der Waals surface area contributed by atoms with Gasteiger partial charge in [-0.2, -0.15) is 0 Å². The molecule has 2 heterocycles. The molecular formula is C48H31BNO2. The summed E-state index contributed by atoms with van der Waals surface area (Å²) in [5, 5.41) is 13.9. The SMILES string of the molecule is Oc1ccc(-c2ccccc2-n2c3ccccc3c3ccccc32)cc1-c1cccc2c1[B]c1cc(-c3ccccc3-c3ccccc3)ccc1O2. The Morgan fingerprint density at radius 2 is 1.02 bits per heavy atom. The predicted octanol–water partition coefficient (Wildman–Crippen LogP) is 10.9. The highest BCUT2D eigenvalue weighted by atomic mass is 16.5. The van der Waals surface area contributed by atoms with Gasteiger partial charge in [-0.05, 0) is 86.8 Å². The number of benzene rings is 8. The van der Waals surface area contributed by atoms with Crippen molar-refractivity contribution < 1.29 is 9.84 Å². The molecule has 0 atom stereocenters. The molecule has 52 heavy (non-hydrogen) atoms. The van der Waals surface area contributed by atoms with E-state index in [0.717, 1.165) is 72.5 Å². The van der Waals surface area contributed by atoms with Gasteiger partial charge >= 0.3 is 0 Å². The van der Waals surface area contributed by atoms with Gasteiger partial charge in [0, 0.05) is 21.9 Å². The van der Waals surface area contributed by atoms with Crippen LogP contribution in [-0.2, 0) is 0 Å². The van der Waals surface area contributed by atoms with Crippen LogP contribution in [0.5, 0.6) is 17.2 Å². The van der Waals surface area contributed by atoms with E-state index in [0.29, 0.717) is 0 Å². The minimum Gasteiger partial charge on any atom is -0.507 e. The Bertz CT molecular complexity index is 2770. The summed E-state index contributed by atoms with van der Waals surface area (Å²) >= 11 is 0. The summed E-state index contributed by atoms with van der Waals surface area (Å²) in [6, 6.07) is 63.0. The van der Waals surface area contributed by atoms with Crippen LogP contribution in [0.1, 0.15) is 0 Å². The fraction of sp³-hybridized carbons (Fsp3) is 0. The van der Waals surface area contributed by atoms with Crippen LogP contribution in [0.4, 0.5) is 0 Å². The first-order valence-electron chi connectivity index (χ1n) is 17.6. The van der Waals surface area contributed by atoms with Gasteiger partial charge in [0.05, 0.1) is 16.7 Å². The largest absolute Gasteiger partial charge is 0.507 e. The van der Waals surface area contributed by atoms with Gasteiger partial charge in [0.15, 0.2) is 0 Å². The Hall–Kier alpha value is -6.78. The summed E-state index contributed by atoms with van der Waals surface area (Å²) in [6.45, 7) is 0. The standard InChI is InChI=1S/C48H31BNO2/c51-45-27-25-32(36-17-6-9-21-42(36)50-43-22-10-7-18-37(43)38-19-8-11-23-44(38)50)29-40(45)39-20-12-24-47-48(39)49-41-30-33(26-28-46(41)52-47)35-16-5-4-15-34(35)31-13-2-1-3-14-31/h1-30,51H. The van der Waals surface area contributed by atoms with E-state index in [9.17, 15) is 5.11 Å². The van der Waals surface area contributed by atoms with Crippen LogP contribution >= 0.6 is 0 Å². The van der Waals surface area contributed by atoms with Crippen molar-refractivity contribution >= 4 is 40.0 Å². The number of rotatable bonds is 5. The third kappa shape index (κ3) is 4.91. The molecule has 0 saturated heterocycles. The van der Waals surface area contributed by atoms with Crippen molar-refractivity contribution in [2.24, 2.45) is 0 Å². The van der Waals surface area contributed by atoms with Crippen LogP contribution in [0.2, 0.25) is 0 Å². The maximum absolute atomic E-state index is 11.4. The molecular weight excluding hydrogens is 633 g/mol. The molecule has 0 aliphatic carbocycles. The Balaban J connectivity index is 1.07. The van der Waals surface area contributed by atoms with Gasteiger partial charge in [-0.15, -0.1) is 0 Å². The molecule has 1 radical (unpaired) electrons. The number of phenolic OH excluding ortho intramolecular Hbond substituents is 1. The lowest BCUT2D eigenvalue weighted by Crippen LogP contribution is -2.35. The highest BCUT2D eigenvalue weighted by molar-refractivity contribution is 6.71. The third-order valence-corrected chi connectivity index (χ3v) is 10.2. The summed E-state index contributed by atoms with van der Waals surface area (Å²) in [6.07, 6.45) is 0. The quantitative estimate of drug-likeness (QED) is 0.186. The first-order chi connectivity index (χ1) is 25.7. The second-order valence-electron chi connectivity index (χ2n) is 13.2. The van der Waals surface area contributed by atoms with Crippen molar-refractivity contribution in [3.8, 4) is 67.4 Å². The minimum atomic E-state index is 0.219. The zero-order chi connectivity index (χ0) is 34.6. The van der Waals surface area contributed by atoms with E-state index in [-0.39, 0.29) is 5.75 Å². The summed E-state index contributed by atoms with van der Waals surface area (Å²) in [4.78, 5) is 0. The van der Waals surface area contributed by atoms with E-state index in [2.05, 4.69) is 164 Å². The topological polar surface area (TPSA) is 34.4 Å². The number of aromatic hydroxyl groups is 1. The molecule has 1 aliphatic rings. The molecule has 1 N–H and O–H groups in total. The summed E-state index contributed by atoms with van der Waals surface area (Å²) in [5.41, 5.74) is 13.7. The highest BCUT2D eigenvalue weighted by Crippen LogP contribution is 2.40. The van der Waals surface area contributed by atoms with Gasteiger partial charge in [0.1, 0.15) is 17.2 Å². The number of hydrogen-bond acceptors (Lipinski definition) is 2. The van der Waals surface area contributed by atoms with Crippen molar-refractivity contribution in [2.45, 2.75) is 0 Å². The number of nitrogens with zero attached hydrogens (tertiary/aromatic N) is 1. The molecule has 10 rings (SSSR count). The van der Waals surface area contributed by atoms with E-state index in [1.807, 2.05) is 30.3 Å². The molecule has 1 aliphatic heterocycles. The van der Waals surface area contributed by atoms with Crippen LogP contribution < -0.4 is 15.7 Å². The van der Waals surface area contributed by atoms with Gasteiger partial charge in [-0.3, -0.25) is 0 Å². The molecule has 0 spiro atoms. The monoisotopic (exact) mass is 664 g/mol. The molecule has 0 saturated carbocycles. The summed E-state index contributed by atoms with van der Waals surface area (Å²) in [5.74, 6) is 1.79. The van der Waals surface area contributed by atoms with Crippen LogP contribution in [-0.4, -0.2) is 17.0 Å². The normalized spacial score (nSPS) is 11.8. The van der Waals surface area contributed by atoms with Crippen molar-refractivity contribution in [1.82, 2.24) is 4.57 Å². The maximum Gasteiger partial charge on any atom is 0.202 e. The maximum atomic E-state index is 11.4. The molecule has 9 aromatic rings. The lowest BCUT2D eigenvalue weighted by atomic mass is 9.59. The Labute approximate surface area is 302 Å². The lowest BCUT2D eigenvalue weighted by Gasteiger charge is -2.24. The molecule has 243 valence electrons. The molecule has 0 bridgehead atoms. The van der Waals surface area contributed by atoms with Gasteiger partial charge in [-0.25, -0.2) is 0 Å². The van der Waals surface area contributed by atoms with Gasteiger partial charge in [0.2, 0.25) is 7.28 Å². The Kier molecular flexibility index (Phi) is 7.07. The van der Waals surface area contributed by atoms with Crippen LogP contribution in [0.25, 0.3) is 72.0 Å². The second-order valence-corrected chi connectivity index (χ2v) is 13.2. The second kappa shape index (κ2) is 12.2. The highest BCUT2D eigenvalue weighted by Gasteiger charge is 2.24. The van der Waals surface area contributed by atoms with Crippen molar-refractivity contribution in [3.63, 3.8) is 0 Å². The van der Waals surface area contributed by atoms with Gasteiger partial charge in [0.25, 0.3) is 0 Å². The fourth-order valence-electron chi connectivity index (χ4n) is 7.83. The smallest absolute Gasteiger partial charge is 0.202 e. The Morgan fingerprint density at radius 1 is 0.423 bits per heavy atom.